The fourth-order valence-electron chi connectivity index (χ4n) is 6.36. The normalized spacial score (nSPS) is 30.3. The van der Waals surface area contributed by atoms with Gasteiger partial charge in [0.25, 0.3) is 0 Å². The zero-order valence-electron chi connectivity index (χ0n) is 31.4. The van der Waals surface area contributed by atoms with Crippen LogP contribution in [0.1, 0.15) is 110 Å². The van der Waals surface area contributed by atoms with Crippen LogP contribution in [0.4, 0.5) is 0 Å². The summed E-state index contributed by atoms with van der Waals surface area (Å²) in [5, 5.41) is 91.6. The number of carboxylic acids is 1. The number of aliphatic carboxylic acids is 1. The molecule has 0 aromatic carbocycles. The molecule has 0 aromatic rings. The predicted octanol–water partition coefficient (Wildman–Crippen LogP) is -0.212. The third-order valence-corrected chi connectivity index (χ3v) is 9.53. The van der Waals surface area contributed by atoms with E-state index in [1.165, 1.54) is 0 Å². The molecule has 0 aliphatic carbocycles. The van der Waals surface area contributed by atoms with Gasteiger partial charge in [0.1, 0.15) is 49.3 Å². The van der Waals surface area contributed by atoms with Crippen molar-refractivity contribution in [3.8, 4) is 0 Å². The van der Waals surface area contributed by atoms with E-state index in [-0.39, 0.29) is 19.4 Å². The first kappa shape index (κ1) is 48.1. The molecule has 316 valence electrons. The molecular weight excluding hydrogens is 720 g/mol. The summed E-state index contributed by atoms with van der Waals surface area (Å²) in [5.74, 6) is -2.83. The summed E-state index contributed by atoms with van der Waals surface area (Å²) in [6.07, 6.45) is -9.32. The van der Waals surface area contributed by atoms with Gasteiger partial charge in [-0.25, -0.2) is 4.79 Å². The van der Waals surface area contributed by atoms with Crippen LogP contribution < -0.4 is 0 Å². The smallest absolute Gasteiger partial charge is 0.332 e. The highest BCUT2D eigenvalue weighted by Gasteiger charge is 2.52. The average molecular weight is 785 g/mol. The molecule has 0 spiro atoms. The van der Waals surface area contributed by atoms with Crippen molar-refractivity contribution in [1.82, 2.24) is 0 Å². The number of carboxylic acid groups (broad SMARTS) is 1. The highest BCUT2D eigenvalue weighted by atomic mass is 16.8. The maximum absolute atomic E-state index is 12.6. The minimum absolute atomic E-state index is 0.0547. The van der Waals surface area contributed by atoms with Crippen molar-refractivity contribution in [2.45, 2.75) is 190 Å². The number of ether oxygens (including phenoxy) is 6. The van der Waals surface area contributed by atoms with E-state index in [4.69, 9.17) is 33.5 Å². The summed E-state index contributed by atoms with van der Waals surface area (Å²) < 4.78 is 33.4. The molecule has 2 fully saturated rings. The van der Waals surface area contributed by atoms with Crippen molar-refractivity contribution in [2.75, 3.05) is 19.8 Å². The van der Waals surface area contributed by atoms with Crippen LogP contribution in [0.25, 0.3) is 0 Å². The van der Waals surface area contributed by atoms with Crippen LogP contribution in [-0.2, 0) is 42.8 Å². The Morgan fingerprint density at radius 3 is 1.83 bits per heavy atom. The fraction of sp³-hybridized carbons (Fsp3) is 0.917. The van der Waals surface area contributed by atoms with E-state index in [1.54, 1.807) is 0 Å². The minimum Gasteiger partial charge on any atom is -0.479 e. The Morgan fingerprint density at radius 1 is 0.685 bits per heavy atom. The second kappa shape index (κ2) is 26.0. The molecule has 9 N–H and O–H groups in total. The van der Waals surface area contributed by atoms with Gasteiger partial charge in [0.15, 0.2) is 24.8 Å². The standard InChI is InChI=1S/C36H64O18/c1-3-13-23(40)18-27(42)53-33-29(44)28(43)25(19-37)51-36(33)54-32-26(20-50-21(2)38)52-35(31(46)30(32)45)49-17-16-22(39)14-11-9-7-5-4-6-8-10-12-15-24(41)34(47)48/h22-26,28-33,35-37,39-41,43-46H,3-20H2,1-2H3,(H,47,48)/t22?,23?,24?,25-,26-,28-,29+,30-,31-,32-,33-,35-,36+/m1/s1. The number of aliphatic hydroxyl groups excluding tert-OH is 8. The van der Waals surface area contributed by atoms with Crippen LogP contribution in [0.2, 0.25) is 0 Å². The van der Waals surface area contributed by atoms with Crippen LogP contribution in [0, 0.1) is 0 Å². The van der Waals surface area contributed by atoms with E-state index in [0.717, 1.165) is 58.3 Å². The van der Waals surface area contributed by atoms with Crippen molar-refractivity contribution >= 4 is 17.9 Å². The number of hydrogen-bond donors (Lipinski definition) is 9. The Kier molecular flexibility index (Phi) is 23.1. The Morgan fingerprint density at radius 2 is 1.26 bits per heavy atom. The largest absolute Gasteiger partial charge is 0.479 e. The Balaban J connectivity index is 1.88. The average Bonchev–Trinajstić information content (AvgIpc) is 3.12. The molecule has 2 aliphatic heterocycles. The molecule has 13 atom stereocenters. The van der Waals surface area contributed by atoms with E-state index in [9.17, 15) is 55.2 Å². The molecule has 2 saturated heterocycles. The van der Waals surface area contributed by atoms with Gasteiger partial charge in [0, 0.05) is 6.92 Å². The molecular formula is C36H64O18. The number of rotatable bonds is 27. The van der Waals surface area contributed by atoms with Gasteiger partial charge in [-0.05, 0) is 25.7 Å². The predicted molar refractivity (Wildman–Crippen MR) is 186 cm³/mol. The number of hydrogen-bond acceptors (Lipinski definition) is 17. The molecule has 0 aromatic heterocycles. The van der Waals surface area contributed by atoms with E-state index in [1.807, 2.05) is 6.92 Å². The Bertz CT molecular complexity index is 1060. The maximum Gasteiger partial charge on any atom is 0.332 e. The molecule has 0 radical (unpaired) electrons. The lowest BCUT2D eigenvalue weighted by atomic mass is 9.96. The number of carbonyl (C=O) groups excluding carboxylic acids is 2. The molecule has 0 bridgehead atoms. The first-order valence-corrected chi connectivity index (χ1v) is 19.2. The monoisotopic (exact) mass is 784 g/mol. The van der Waals surface area contributed by atoms with Gasteiger partial charge in [-0.1, -0.05) is 71.1 Å². The van der Waals surface area contributed by atoms with E-state index < -0.39 is 117 Å². The SMILES string of the molecule is CCCC(O)CC(=O)O[C@H]1[C@H](O[C@H]2[C@H](O)[C@@H](O)[C@H](OCCC(O)CCCCCCCCCCCC(O)C(=O)O)O[C@@H]2COC(C)=O)O[C@H](CO)[C@@H](O)[C@@H]1O. The third-order valence-electron chi connectivity index (χ3n) is 9.53. The van der Waals surface area contributed by atoms with Crippen LogP contribution in [0.5, 0.6) is 0 Å². The van der Waals surface area contributed by atoms with E-state index in [0.29, 0.717) is 25.7 Å². The van der Waals surface area contributed by atoms with Gasteiger partial charge in [0.05, 0.1) is 31.8 Å². The highest BCUT2D eigenvalue weighted by molar-refractivity contribution is 5.71. The first-order chi connectivity index (χ1) is 25.7. The summed E-state index contributed by atoms with van der Waals surface area (Å²) in [4.78, 5) is 34.9. The first-order valence-electron chi connectivity index (χ1n) is 19.2. The summed E-state index contributed by atoms with van der Waals surface area (Å²) in [7, 11) is 0. The molecule has 0 saturated carbocycles. The lowest BCUT2D eigenvalue weighted by Crippen LogP contribution is -2.65. The molecule has 54 heavy (non-hydrogen) atoms. The summed E-state index contributed by atoms with van der Waals surface area (Å²) in [6.45, 7) is 1.63. The lowest BCUT2D eigenvalue weighted by molar-refractivity contribution is -0.360. The number of esters is 2. The summed E-state index contributed by atoms with van der Waals surface area (Å²) in [6, 6.07) is 0. The van der Waals surface area contributed by atoms with Crippen LogP contribution >= 0.6 is 0 Å². The quantitative estimate of drug-likeness (QED) is 0.0385. The Labute approximate surface area is 316 Å². The van der Waals surface area contributed by atoms with Gasteiger partial charge in [0.2, 0.25) is 0 Å². The number of carbonyl (C=O) groups is 3. The number of aliphatic hydroxyl groups is 8. The molecule has 2 aliphatic rings. The van der Waals surface area contributed by atoms with Gasteiger partial charge in [-0.3, -0.25) is 9.59 Å². The fourth-order valence-corrected chi connectivity index (χ4v) is 6.36. The van der Waals surface area contributed by atoms with Gasteiger partial charge in [-0.15, -0.1) is 0 Å². The topological polar surface area (TPSA) is 289 Å². The zero-order valence-corrected chi connectivity index (χ0v) is 31.4. The zero-order chi connectivity index (χ0) is 40.2. The van der Waals surface area contributed by atoms with E-state index >= 15 is 0 Å². The van der Waals surface area contributed by atoms with Crippen LogP contribution in [0.3, 0.4) is 0 Å². The van der Waals surface area contributed by atoms with Crippen molar-refractivity contribution in [1.29, 1.82) is 0 Å². The molecule has 18 heteroatoms. The molecule has 3 unspecified atom stereocenters. The molecule has 18 nitrogen and oxygen atoms in total. The molecule has 0 amide bonds. The summed E-state index contributed by atoms with van der Waals surface area (Å²) in [5.41, 5.74) is 0. The van der Waals surface area contributed by atoms with Crippen LogP contribution in [-0.4, -0.2) is 163 Å². The third kappa shape index (κ3) is 17.0. The Hall–Kier alpha value is -2.07. The molecule has 2 heterocycles. The van der Waals surface area contributed by atoms with Crippen LogP contribution in [0.15, 0.2) is 0 Å². The van der Waals surface area contributed by atoms with Crippen molar-refractivity contribution < 1.29 is 88.8 Å². The maximum atomic E-state index is 12.6. The number of unbranched alkanes of at least 4 members (excludes halogenated alkanes) is 8. The second-order valence-corrected chi connectivity index (χ2v) is 14.2. The second-order valence-electron chi connectivity index (χ2n) is 14.2. The van der Waals surface area contributed by atoms with Gasteiger partial charge >= 0.3 is 17.9 Å². The summed E-state index contributed by atoms with van der Waals surface area (Å²) >= 11 is 0. The van der Waals surface area contributed by atoms with Gasteiger partial charge in [-0.2, -0.15) is 0 Å². The van der Waals surface area contributed by atoms with Crippen molar-refractivity contribution in [3.05, 3.63) is 0 Å². The van der Waals surface area contributed by atoms with Crippen molar-refractivity contribution in [2.24, 2.45) is 0 Å². The minimum atomic E-state index is -1.83. The van der Waals surface area contributed by atoms with Crippen molar-refractivity contribution in [3.63, 3.8) is 0 Å². The lowest BCUT2D eigenvalue weighted by Gasteiger charge is -2.46. The molecule has 2 rings (SSSR count). The van der Waals surface area contributed by atoms with E-state index in [2.05, 4.69) is 0 Å². The highest BCUT2D eigenvalue weighted by Crippen LogP contribution is 2.31. The van der Waals surface area contributed by atoms with Gasteiger partial charge < -0.3 is 74.4 Å².